The van der Waals surface area contributed by atoms with Gasteiger partial charge in [-0.05, 0) is 44.2 Å². The van der Waals surface area contributed by atoms with Crippen LogP contribution in [0.5, 0.6) is 0 Å². The first kappa shape index (κ1) is 13.2. The molecule has 2 N–H and O–H groups in total. The predicted molar refractivity (Wildman–Crippen MR) is 76.8 cm³/mol. The summed E-state index contributed by atoms with van der Waals surface area (Å²) in [5.74, 6) is 0.427. The van der Waals surface area contributed by atoms with E-state index in [1.165, 1.54) is 12.1 Å². The number of fused-ring (bicyclic) bond motifs is 1. The number of carbonyl (C=O) groups is 1. The van der Waals surface area contributed by atoms with Crippen molar-refractivity contribution in [1.82, 2.24) is 9.55 Å². The monoisotopic (exact) mass is 286 g/mol. The summed E-state index contributed by atoms with van der Waals surface area (Å²) in [7, 11) is 0. The summed E-state index contributed by atoms with van der Waals surface area (Å²) in [6.45, 7) is 3.70. The van der Waals surface area contributed by atoms with E-state index in [0.29, 0.717) is 16.8 Å². The highest BCUT2D eigenvalue weighted by atomic mass is 16.4. The Morgan fingerprint density at radius 1 is 1.33 bits per heavy atom. The summed E-state index contributed by atoms with van der Waals surface area (Å²) >= 11 is 0. The quantitative estimate of drug-likeness (QED) is 0.774. The van der Waals surface area contributed by atoms with E-state index < -0.39 is 5.97 Å². The van der Waals surface area contributed by atoms with E-state index in [4.69, 9.17) is 9.52 Å². The van der Waals surface area contributed by atoms with Gasteiger partial charge in [-0.1, -0.05) is 0 Å². The van der Waals surface area contributed by atoms with E-state index in [1.54, 1.807) is 10.6 Å². The molecule has 0 bridgehead atoms. The maximum absolute atomic E-state index is 12.2. The second-order valence-electron chi connectivity index (χ2n) is 4.96. The van der Waals surface area contributed by atoms with E-state index in [0.717, 1.165) is 5.76 Å². The summed E-state index contributed by atoms with van der Waals surface area (Å²) < 4.78 is 7.12. The zero-order valence-electron chi connectivity index (χ0n) is 11.6. The summed E-state index contributed by atoms with van der Waals surface area (Å²) in [4.78, 5) is 25.8. The van der Waals surface area contributed by atoms with E-state index >= 15 is 0 Å². The van der Waals surface area contributed by atoms with Crippen molar-refractivity contribution in [2.75, 3.05) is 0 Å². The van der Waals surface area contributed by atoms with Crippen LogP contribution in [0, 0.1) is 6.92 Å². The van der Waals surface area contributed by atoms with Crippen molar-refractivity contribution in [2.45, 2.75) is 19.9 Å². The average molecular weight is 286 g/mol. The number of rotatable bonds is 3. The van der Waals surface area contributed by atoms with Gasteiger partial charge in [0.2, 0.25) is 0 Å². The van der Waals surface area contributed by atoms with Crippen molar-refractivity contribution in [3.63, 3.8) is 0 Å². The third kappa shape index (κ3) is 2.14. The van der Waals surface area contributed by atoms with E-state index in [1.807, 2.05) is 26.0 Å². The Balaban J connectivity index is 2.16. The van der Waals surface area contributed by atoms with E-state index in [9.17, 15) is 9.59 Å². The molecule has 0 aliphatic heterocycles. The molecule has 0 spiro atoms. The number of aryl methyl sites for hydroxylation is 1. The third-order valence-corrected chi connectivity index (χ3v) is 3.52. The van der Waals surface area contributed by atoms with Gasteiger partial charge in [0, 0.05) is 0 Å². The lowest BCUT2D eigenvalue weighted by molar-refractivity contribution is 0.0697. The number of hydrogen-bond acceptors (Lipinski definition) is 3. The largest absolute Gasteiger partial charge is 0.478 e. The molecule has 0 saturated heterocycles. The maximum atomic E-state index is 12.2. The van der Waals surface area contributed by atoms with Gasteiger partial charge in [-0.2, -0.15) is 0 Å². The Labute approximate surface area is 119 Å². The fraction of sp³-hybridized carbons (Fsp3) is 0.200. The number of nitrogens with one attached hydrogen (secondary N) is 1. The Kier molecular flexibility index (Phi) is 2.94. The van der Waals surface area contributed by atoms with Gasteiger partial charge in [0.25, 0.3) is 0 Å². The number of furan rings is 1. The van der Waals surface area contributed by atoms with Gasteiger partial charge >= 0.3 is 11.7 Å². The molecular formula is C15H14N2O4. The van der Waals surface area contributed by atoms with Crippen molar-refractivity contribution >= 4 is 17.0 Å². The van der Waals surface area contributed by atoms with Gasteiger partial charge in [-0.3, -0.25) is 4.57 Å². The molecule has 21 heavy (non-hydrogen) atoms. The standard InChI is InChI=1S/C15H14N2O4/c1-8-3-6-13(21-8)9(2)17-12-5-4-10(14(18)19)7-11(12)16-15(17)20/h3-7,9H,1-2H3,(H,16,20)(H,18,19). The number of hydrogen-bond donors (Lipinski definition) is 2. The molecule has 0 amide bonds. The molecule has 108 valence electrons. The second-order valence-corrected chi connectivity index (χ2v) is 4.96. The van der Waals surface area contributed by atoms with Crippen LogP contribution in [-0.2, 0) is 0 Å². The fourth-order valence-electron chi connectivity index (χ4n) is 2.45. The molecule has 3 rings (SSSR count). The molecule has 0 aliphatic rings. The van der Waals surface area contributed by atoms with Crippen molar-refractivity contribution < 1.29 is 14.3 Å². The van der Waals surface area contributed by atoms with Crippen LogP contribution in [0.1, 0.15) is 34.8 Å². The summed E-state index contributed by atoms with van der Waals surface area (Å²) in [6, 6.07) is 7.95. The van der Waals surface area contributed by atoms with Gasteiger partial charge in [0.1, 0.15) is 11.5 Å². The molecule has 0 aliphatic carbocycles. The van der Waals surface area contributed by atoms with Crippen LogP contribution in [0.3, 0.4) is 0 Å². The van der Waals surface area contributed by atoms with Crippen LogP contribution in [-0.4, -0.2) is 20.6 Å². The van der Waals surface area contributed by atoms with Crippen LogP contribution in [0.4, 0.5) is 0 Å². The number of carboxylic acids is 1. The van der Waals surface area contributed by atoms with Gasteiger partial charge in [-0.25, -0.2) is 9.59 Å². The second kappa shape index (κ2) is 4.66. The highest BCUT2D eigenvalue weighted by Crippen LogP contribution is 2.23. The number of imidazole rings is 1. The lowest BCUT2D eigenvalue weighted by Gasteiger charge is -2.10. The van der Waals surface area contributed by atoms with Gasteiger partial charge in [-0.15, -0.1) is 0 Å². The van der Waals surface area contributed by atoms with Crippen LogP contribution in [0.15, 0.2) is 39.5 Å². The normalized spacial score (nSPS) is 12.7. The van der Waals surface area contributed by atoms with Crippen LogP contribution >= 0.6 is 0 Å². The molecule has 0 fully saturated rings. The number of aromatic amines is 1. The van der Waals surface area contributed by atoms with E-state index in [-0.39, 0.29) is 17.3 Å². The zero-order valence-corrected chi connectivity index (χ0v) is 11.6. The summed E-state index contributed by atoms with van der Waals surface area (Å²) in [5.41, 5.74) is 0.980. The Bertz CT molecular complexity index is 885. The molecule has 1 unspecified atom stereocenters. The van der Waals surface area contributed by atoms with Crippen molar-refractivity contribution in [3.8, 4) is 0 Å². The number of benzene rings is 1. The number of aromatic nitrogens is 2. The number of aromatic carboxylic acids is 1. The molecule has 2 heterocycles. The van der Waals surface area contributed by atoms with Crippen molar-refractivity contribution in [1.29, 1.82) is 0 Å². The number of H-pyrrole nitrogens is 1. The van der Waals surface area contributed by atoms with Crippen molar-refractivity contribution in [3.05, 3.63) is 57.9 Å². The minimum absolute atomic E-state index is 0.136. The van der Waals surface area contributed by atoms with Gasteiger partial charge in [0.05, 0.1) is 22.6 Å². The minimum atomic E-state index is -1.03. The first-order valence-corrected chi connectivity index (χ1v) is 6.51. The molecule has 0 saturated carbocycles. The Hall–Kier alpha value is -2.76. The van der Waals surface area contributed by atoms with Crippen LogP contribution in [0.25, 0.3) is 11.0 Å². The first-order chi connectivity index (χ1) is 9.97. The summed E-state index contributed by atoms with van der Waals surface area (Å²) in [5, 5.41) is 9.00. The fourth-order valence-corrected chi connectivity index (χ4v) is 2.45. The van der Waals surface area contributed by atoms with Crippen molar-refractivity contribution in [2.24, 2.45) is 0 Å². The first-order valence-electron chi connectivity index (χ1n) is 6.51. The highest BCUT2D eigenvalue weighted by molar-refractivity contribution is 5.92. The SMILES string of the molecule is Cc1ccc(C(C)n2c(=O)[nH]c3cc(C(=O)O)ccc32)o1. The van der Waals surface area contributed by atoms with E-state index in [2.05, 4.69) is 4.98 Å². The number of nitrogens with zero attached hydrogens (tertiary/aromatic N) is 1. The molecule has 2 aromatic heterocycles. The van der Waals surface area contributed by atoms with Crippen LogP contribution in [0.2, 0.25) is 0 Å². The third-order valence-electron chi connectivity index (χ3n) is 3.52. The maximum Gasteiger partial charge on any atom is 0.335 e. The Morgan fingerprint density at radius 3 is 2.71 bits per heavy atom. The predicted octanol–water partition coefficient (Wildman–Crippen LogP) is 2.54. The molecule has 3 aromatic rings. The lowest BCUT2D eigenvalue weighted by atomic mass is 10.2. The average Bonchev–Trinajstić information content (AvgIpc) is 2.99. The lowest BCUT2D eigenvalue weighted by Crippen LogP contribution is -2.20. The minimum Gasteiger partial charge on any atom is -0.478 e. The van der Waals surface area contributed by atoms with Gasteiger partial charge < -0.3 is 14.5 Å². The zero-order chi connectivity index (χ0) is 15.1. The number of carboxylic acid groups (broad SMARTS) is 1. The molecule has 1 atom stereocenters. The molecule has 6 nitrogen and oxygen atoms in total. The Morgan fingerprint density at radius 2 is 2.10 bits per heavy atom. The molecular weight excluding hydrogens is 272 g/mol. The van der Waals surface area contributed by atoms with Gasteiger partial charge in [0.15, 0.2) is 0 Å². The highest BCUT2D eigenvalue weighted by Gasteiger charge is 2.18. The summed E-state index contributed by atoms with van der Waals surface area (Å²) in [6.07, 6.45) is 0. The molecule has 1 aromatic carbocycles. The van der Waals surface area contributed by atoms with Crippen LogP contribution < -0.4 is 5.69 Å². The smallest absolute Gasteiger partial charge is 0.335 e. The topological polar surface area (TPSA) is 88.2 Å². The molecule has 6 heteroatoms. The molecule has 0 radical (unpaired) electrons.